The maximum Gasteiger partial charge on any atom is 0.191 e. The summed E-state index contributed by atoms with van der Waals surface area (Å²) >= 11 is 0. The van der Waals surface area contributed by atoms with Gasteiger partial charge in [0.05, 0.1) is 6.54 Å². The van der Waals surface area contributed by atoms with Crippen molar-refractivity contribution >= 4 is 5.96 Å². The van der Waals surface area contributed by atoms with Crippen molar-refractivity contribution in [3.63, 3.8) is 0 Å². The molecule has 0 heterocycles. The van der Waals surface area contributed by atoms with Gasteiger partial charge in [-0.05, 0) is 39.2 Å². The number of nitrogens with zero attached hydrogens (tertiary/aromatic N) is 2. The minimum absolute atomic E-state index is 0.448. The first-order valence-corrected chi connectivity index (χ1v) is 7.87. The maximum atomic E-state index is 4.69. The summed E-state index contributed by atoms with van der Waals surface area (Å²) in [5, 5.41) is 6.80. The summed E-state index contributed by atoms with van der Waals surface area (Å²) in [5.74, 6) is 1.57. The Morgan fingerprint density at radius 1 is 1.26 bits per heavy atom. The molecule has 1 unspecified atom stereocenters. The minimum Gasteiger partial charge on any atom is -0.357 e. The molecular weight excluding hydrogens is 236 g/mol. The average molecular weight is 268 g/mol. The van der Waals surface area contributed by atoms with E-state index in [-0.39, 0.29) is 0 Å². The van der Waals surface area contributed by atoms with Gasteiger partial charge in [-0.15, -0.1) is 0 Å². The van der Waals surface area contributed by atoms with E-state index in [1.807, 2.05) is 0 Å². The Balaban J connectivity index is 2.38. The summed E-state index contributed by atoms with van der Waals surface area (Å²) in [4.78, 5) is 7.23. The van der Waals surface area contributed by atoms with Gasteiger partial charge in [-0.1, -0.05) is 20.8 Å². The Hall–Kier alpha value is -0.770. The van der Waals surface area contributed by atoms with Gasteiger partial charge in [0.1, 0.15) is 0 Å². The van der Waals surface area contributed by atoms with E-state index in [4.69, 9.17) is 0 Å². The second-order valence-electron chi connectivity index (χ2n) is 5.80. The van der Waals surface area contributed by atoms with Crippen LogP contribution in [0.15, 0.2) is 4.99 Å². The Morgan fingerprint density at radius 2 is 1.95 bits per heavy atom. The fourth-order valence-corrected chi connectivity index (χ4v) is 2.03. The molecule has 1 rings (SSSR count). The zero-order valence-electron chi connectivity index (χ0n) is 13.4. The van der Waals surface area contributed by atoms with Gasteiger partial charge in [0.25, 0.3) is 0 Å². The highest BCUT2D eigenvalue weighted by Gasteiger charge is 2.27. The zero-order chi connectivity index (χ0) is 14.3. The standard InChI is InChI=1S/C15H32N4/c1-6-16-15(18-13(5)12(3)4)17-10-11-19(7-2)14-8-9-14/h12-14H,6-11H2,1-5H3,(H2,16,17,18). The molecule has 1 fully saturated rings. The van der Waals surface area contributed by atoms with E-state index in [0.717, 1.165) is 38.2 Å². The Labute approximate surface area is 119 Å². The van der Waals surface area contributed by atoms with Crippen molar-refractivity contribution in [2.24, 2.45) is 10.9 Å². The van der Waals surface area contributed by atoms with Crippen LogP contribution in [0.3, 0.4) is 0 Å². The number of rotatable bonds is 8. The third-order valence-corrected chi connectivity index (χ3v) is 3.84. The van der Waals surface area contributed by atoms with Crippen LogP contribution in [0.1, 0.15) is 47.5 Å². The van der Waals surface area contributed by atoms with Crippen LogP contribution in [0.4, 0.5) is 0 Å². The van der Waals surface area contributed by atoms with Crippen LogP contribution in [0.5, 0.6) is 0 Å². The van der Waals surface area contributed by atoms with E-state index in [1.165, 1.54) is 12.8 Å². The lowest BCUT2D eigenvalue weighted by Gasteiger charge is -2.22. The fraction of sp³-hybridized carbons (Fsp3) is 0.933. The smallest absolute Gasteiger partial charge is 0.191 e. The van der Waals surface area contributed by atoms with Gasteiger partial charge >= 0.3 is 0 Å². The zero-order valence-corrected chi connectivity index (χ0v) is 13.4. The predicted octanol–water partition coefficient (Wildman–Crippen LogP) is 2.07. The molecule has 0 bridgehead atoms. The van der Waals surface area contributed by atoms with Gasteiger partial charge in [0, 0.05) is 25.2 Å². The topological polar surface area (TPSA) is 39.7 Å². The summed E-state index contributed by atoms with van der Waals surface area (Å²) in [6.07, 6.45) is 2.75. The molecule has 4 nitrogen and oxygen atoms in total. The third-order valence-electron chi connectivity index (χ3n) is 3.84. The van der Waals surface area contributed by atoms with Crippen molar-refractivity contribution < 1.29 is 0 Å². The first-order valence-electron chi connectivity index (χ1n) is 7.87. The van der Waals surface area contributed by atoms with E-state index in [9.17, 15) is 0 Å². The molecule has 0 aromatic heterocycles. The van der Waals surface area contributed by atoms with Crippen molar-refractivity contribution in [3.05, 3.63) is 0 Å². The number of hydrogen-bond acceptors (Lipinski definition) is 2. The highest BCUT2D eigenvalue weighted by Crippen LogP contribution is 2.25. The molecule has 1 aliphatic carbocycles. The van der Waals surface area contributed by atoms with Gasteiger partial charge < -0.3 is 10.6 Å². The van der Waals surface area contributed by atoms with E-state index in [2.05, 4.69) is 55.1 Å². The summed E-state index contributed by atoms with van der Waals surface area (Å²) in [5.41, 5.74) is 0. The first-order chi connectivity index (χ1) is 9.08. The Bertz CT molecular complexity index is 271. The molecular formula is C15H32N4. The lowest BCUT2D eigenvalue weighted by atomic mass is 10.1. The number of nitrogens with one attached hydrogen (secondary N) is 2. The van der Waals surface area contributed by atoms with Crippen molar-refractivity contribution in [2.45, 2.75) is 59.5 Å². The van der Waals surface area contributed by atoms with Crippen molar-refractivity contribution in [1.82, 2.24) is 15.5 Å². The first kappa shape index (κ1) is 16.3. The van der Waals surface area contributed by atoms with Gasteiger partial charge in [-0.25, -0.2) is 0 Å². The summed E-state index contributed by atoms with van der Waals surface area (Å²) in [7, 11) is 0. The normalized spacial score (nSPS) is 17.9. The average Bonchev–Trinajstić information content (AvgIpc) is 3.18. The number of hydrogen-bond donors (Lipinski definition) is 2. The quantitative estimate of drug-likeness (QED) is 0.523. The maximum absolute atomic E-state index is 4.69. The molecule has 1 saturated carbocycles. The number of aliphatic imine (C=N–C) groups is 1. The fourth-order valence-electron chi connectivity index (χ4n) is 2.03. The monoisotopic (exact) mass is 268 g/mol. The molecule has 0 radical (unpaired) electrons. The van der Waals surface area contributed by atoms with Crippen molar-refractivity contribution in [2.75, 3.05) is 26.2 Å². The van der Waals surface area contributed by atoms with Crippen LogP contribution in [0, 0.1) is 5.92 Å². The van der Waals surface area contributed by atoms with E-state index in [0.29, 0.717) is 12.0 Å². The second-order valence-corrected chi connectivity index (χ2v) is 5.80. The van der Waals surface area contributed by atoms with Gasteiger partial charge in [0.2, 0.25) is 0 Å². The molecule has 4 heteroatoms. The van der Waals surface area contributed by atoms with Crippen LogP contribution >= 0.6 is 0 Å². The van der Waals surface area contributed by atoms with Gasteiger partial charge in [0.15, 0.2) is 5.96 Å². The van der Waals surface area contributed by atoms with Gasteiger partial charge in [-0.3, -0.25) is 9.89 Å². The molecule has 1 aliphatic rings. The molecule has 0 aromatic rings. The molecule has 0 saturated heterocycles. The van der Waals surface area contributed by atoms with E-state index >= 15 is 0 Å². The van der Waals surface area contributed by atoms with Crippen LogP contribution in [0.2, 0.25) is 0 Å². The molecule has 0 spiro atoms. The SMILES string of the molecule is CCNC(=NCCN(CC)C1CC1)NC(C)C(C)C. The van der Waals surface area contributed by atoms with Crippen LogP contribution in [0.25, 0.3) is 0 Å². The Morgan fingerprint density at radius 3 is 2.42 bits per heavy atom. The molecule has 2 N–H and O–H groups in total. The molecule has 0 aliphatic heterocycles. The molecule has 0 aromatic carbocycles. The largest absolute Gasteiger partial charge is 0.357 e. The number of likely N-dealkylation sites (N-methyl/N-ethyl adjacent to an activating group) is 1. The van der Waals surface area contributed by atoms with Crippen LogP contribution < -0.4 is 10.6 Å². The molecule has 112 valence electrons. The highest BCUT2D eigenvalue weighted by molar-refractivity contribution is 5.80. The number of guanidine groups is 1. The Kier molecular flexibility index (Phi) is 7.21. The van der Waals surface area contributed by atoms with E-state index < -0.39 is 0 Å². The lowest BCUT2D eigenvalue weighted by Crippen LogP contribution is -2.44. The molecule has 19 heavy (non-hydrogen) atoms. The summed E-state index contributed by atoms with van der Waals surface area (Å²) in [6.45, 7) is 15.0. The molecule has 0 amide bonds. The highest BCUT2D eigenvalue weighted by atomic mass is 15.2. The van der Waals surface area contributed by atoms with Crippen LogP contribution in [-0.4, -0.2) is 49.1 Å². The summed E-state index contributed by atoms with van der Waals surface area (Å²) in [6, 6.07) is 1.29. The third kappa shape index (κ3) is 6.28. The minimum atomic E-state index is 0.448. The lowest BCUT2D eigenvalue weighted by molar-refractivity contribution is 0.286. The predicted molar refractivity (Wildman–Crippen MR) is 83.7 cm³/mol. The summed E-state index contributed by atoms with van der Waals surface area (Å²) < 4.78 is 0. The van der Waals surface area contributed by atoms with Crippen molar-refractivity contribution in [3.8, 4) is 0 Å². The molecule has 1 atom stereocenters. The van der Waals surface area contributed by atoms with Gasteiger partial charge in [-0.2, -0.15) is 0 Å². The van der Waals surface area contributed by atoms with Crippen molar-refractivity contribution in [1.29, 1.82) is 0 Å². The van der Waals surface area contributed by atoms with E-state index in [1.54, 1.807) is 0 Å². The van der Waals surface area contributed by atoms with Crippen LogP contribution in [-0.2, 0) is 0 Å². The second kappa shape index (κ2) is 8.41.